The van der Waals surface area contributed by atoms with Crippen molar-refractivity contribution in [1.82, 2.24) is 4.98 Å². The Morgan fingerprint density at radius 1 is 1.06 bits per heavy atom. The molecule has 0 spiro atoms. The van der Waals surface area contributed by atoms with Crippen molar-refractivity contribution in [3.8, 4) is 0 Å². The summed E-state index contributed by atoms with van der Waals surface area (Å²) in [7, 11) is -3.86. The van der Waals surface area contributed by atoms with Crippen LogP contribution in [0.15, 0.2) is 53.4 Å². The van der Waals surface area contributed by atoms with Gasteiger partial charge in [0.15, 0.2) is 5.13 Å². The average Bonchev–Trinajstić information content (AvgIpc) is 3.47. The van der Waals surface area contributed by atoms with Gasteiger partial charge in [-0.3, -0.25) is 9.52 Å². The summed E-state index contributed by atoms with van der Waals surface area (Å²) in [5.74, 6) is -0.215. The van der Waals surface area contributed by atoms with Crippen LogP contribution in [0.4, 0.5) is 16.5 Å². The summed E-state index contributed by atoms with van der Waals surface area (Å²) in [5, 5.41) is 4.93. The number of aromatic nitrogens is 1. The van der Waals surface area contributed by atoms with Crippen LogP contribution in [0, 0.1) is 0 Å². The fourth-order valence-corrected chi connectivity index (χ4v) is 6.64. The van der Waals surface area contributed by atoms with Crippen LogP contribution in [-0.2, 0) is 10.0 Å². The van der Waals surface area contributed by atoms with Gasteiger partial charge < -0.3 is 10.2 Å². The van der Waals surface area contributed by atoms with Crippen LogP contribution in [0.5, 0.6) is 0 Å². The summed E-state index contributed by atoms with van der Waals surface area (Å²) in [6, 6.07) is 13.7. The van der Waals surface area contributed by atoms with Gasteiger partial charge in [-0.1, -0.05) is 23.5 Å². The smallest absolute Gasteiger partial charge is 0.262 e. The number of anilines is 3. The lowest BCUT2D eigenvalue weighted by molar-refractivity contribution is 0.103. The second kappa shape index (κ2) is 6.66. The third kappa shape index (κ3) is 2.95. The number of nitrogens with one attached hydrogen (secondary N) is 2. The lowest BCUT2D eigenvalue weighted by Crippen LogP contribution is -2.16. The van der Waals surface area contributed by atoms with E-state index >= 15 is 0 Å². The SMILES string of the molecule is O=C1Nc2ccc(S(=O)(=O)Nc3ccc4nc(N5CCCC5)sc4c3)c3cccc1c23. The highest BCUT2D eigenvalue weighted by Crippen LogP contribution is 2.37. The van der Waals surface area contributed by atoms with E-state index in [1.165, 1.54) is 18.9 Å². The first kappa shape index (κ1) is 18.6. The fourth-order valence-electron chi connectivity index (χ4n) is 4.33. The van der Waals surface area contributed by atoms with Crippen LogP contribution >= 0.6 is 11.3 Å². The van der Waals surface area contributed by atoms with Crippen molar-refractivity contribution in [3.63, 3.8) is 0 Å². The van der Waals surface area contributed by atoms with Crippen molar-refractivity contribution < 1.29 is 13.2 Å². The molecule has 7 nitrogen and oxygen atoms in total. The molecule has 1 aromatic heterocycles. The maximum atomic E-state index is 13.3. The molecule has 0 atom stereocenters. The molecule has 9 heteroatoms. The highest BCUT2D eigenvalue weighted by molar-refractivity contribution is 7.93. The maximum Gasteiger partial charge on any atom is 0.262 e. The molecule has 0 unspecified atom stereocenters. The minimum atomic E-state index is -3.86. The number of thiazole rings is 1. The zero-order chi connectivity index (χ0) is 21.2. The average molecular weight is 451 g/mol. The molecule has 2 N–H and O–H groups in total. The lowest BCUT2D eigenvalue weighted by atomic mass is 10.1. The summed E-state index contributed by atoms with van der Waals surface area (Å²) in [6.45, 7) is 2.03. The molecule has 2 aliphatic heterocycles. The van der Waals surface area contributed by atoms with Crippen LogP contribution < -0.4 is 14.9 Å². The maximum absolute atomic E-state index is 13.3. The van der Waals surface area contributed by atoms with Gasteiger partial charge in [-0.05, 0) is 49.2 Å². The zero-order valence-electron chi connectivity index (χ0n) is 16.4. The number of rotatable bonds is 4. The van der Waals surface area contributed by atoms with Gasteiger partial charge in [-0.25, -0.2) is 13.4 Å². The third-order valence-corrected chi connectivity index (χ3v) is 8.31. The van der Waals surface area contributed by atoms with Gasteiger partial charge in [0.1, 0.15) is 0 Å². The van der Waals surface area contributed by atoms with Crippen molar-refractivity contribution in [2.24, 2.45) is 0 Å². The minimum Gasteiger partial charge on any atom is -0.348 e. The van der Waals surface area contributed by atoms with Crippen molar-refractivity contribution in [1.29, 1.82) is 0 Å². The summed E-state index contributed by atoms with van der Waals surface area (Å²) < 4.78 is 30.1. The van der Waals surface area contributed by atoms with Gasteiger partial charge in [0.25, 0.3) is 15.9 Å². The topological polar surface area (TPSA) is 91.4 Å². The predicted molar refractivity (Wildman–Crippen MR) is 124 cm³/mol. The number of benzene rings is 3. The van der Waals surface area contributed by atoms with E-state index in [0.29, 0.717) is 27.7 Å². The van der Waals surface area contributed by atoms with Crippen LogP contribution in [0.2, 0.25) is 0 Å². The van der Waals surface area contributed by atoms with E-state index in [4.69, 9.17) is 4.98 Å². The lowest BCUT2D eigenvalue weighted by Gasteiger charge is -2.11. The Kier molecular flexibility index (Phi) is 4.00. The molecule has 0 bridgehead atoms. The number of carbonyl (C=O) groups excluding carboxylic acids is 1. The highest BCUT2D eigenvalue weighted by atomic mass is 32.2. The first-order chi connectivity index (χ1) is 15.0. The molecule has 0 saturated carbocycles. The van der Waals surface area contributed by atoms with Crippen LogP contribution in [0.25, 0.3) is 21.0 Å². The second-order valence-electron chi connectivity index (χ2n) is 7.77. The monoisotopic (exact) mass is 450 g/mol. The number of nitrogens with zero attached hydrogens (tertiary/aromatic N) is 2. The molecule has 31 heavy (non-hydrogen) atoms. The van der Waals surface area contributed by atoms with Crippen LogP contribution in [0.3, 0.4) is 0 Å². The highest BCUT2D eigenvalue weighted by Gasteiger charge is 2.26. The first-order valence-corrected chi connectivity index (χ1v) is 12.3. The number of fused-ring (bicyclic) bond motifs is 1. The Morgan fingerprint density at radius 3 is 2.74 bits per heavy atom. The Hall–Kier alpha value is -3.17. The van der Waals surface area contributed by atoms with E-state index in [9.17, 15) is 13.2 Å². The van der Waals surface area contributed by atoms with E-state index in [1.54, 1.807) is 41.7 Å². The molecule has 3 aromatic carbocycles. The molecule has 3 heterocycles. The van der Waals surface area contributed by atoms with Gasteiger partial charge in [0, 0.05) is 35.1 Å². The standard InChI is InChI=1S/C22H18N4O3S2/c27-21-15-5-3-4-14-19(9-8-17(23-21)20(14)15)31(28,29)25-13-6-7-16-18(12-13)30-22(24-16)26-10-1-2-11-26/h3-9,12,25H,1-2,10-11H2,(H,23,27). The van der Waals surface area contributed by atoms with Gasteiger partial charge >= 0.3 is 0 Å². The van der Waals surface area contributed by atoms with Crippen molar-refractivity contribution in [2.75, 3.05) is 28.0 Å². The predicted octanol–water partition coefficient (Wildman–Crippen LogP) is 4.42. The number of amides is 1. The normalized spacial score (nSPS) is 15.7. The molecular weight excluding hydrogens is 432 g/mol. The Balaban J connectivity index is 1.38. The number of hydrogen-bond acceptors (Lipinski definition) is 6. The molecular formula is C22H18N4O3S2. The van der Waals surface area contributed by atoms with Gasteiger partial charge in [-0.15, -0.1) is 0 Å². The number of carbonyl (C=O) groups is 1. The molecule has 156 valence electrons. The molecule has 6 rings (SSSR count). The molecule has 1 amide bonds. The summed E-state index contributed by atoms with van der Waals surface area (Å²) in [6.07, 6.45) is 2.35. The number of sulfonamides is 1. The molecule has 4 aromatic rings. The fraction of sp³-hybridized carbons (Fsp3) is 0.182. The van der Waals surface area contributed by atoms with Gasteiger partial charge in [-0.2, -0.15) is 0 Å². The summed E-state index contributed by atoms with van der Waals surface area (Å²) in [5.41, 5.74) is 2.48. The van der Waals surface area contributed by atoms with E-state index in [2.05, 4.69) is 14.9 Å². The summed E-state index contributed by atoms with van der Waals surface area (Å²) >= 11 is 1.58. The van der Waals surface area contributed by atoms with E-state index in [-0.39, 0.29) is 10.8 Å². The van der Waals surface area contributed by atoms with Crippen LogP contribution in [-0.4, -0.2) is 32.4 Å². The molecule has 1 saturated heterocycles. The van der Waals surface area contributed by atoms with Gasteiger partial charge in [0.05, 0.1) is 20.8 Å². The van der Waals surface area contributed by atoms with Crippen molar-refractivity contribution in [3.05, 3.63) is 54.1 Å². The van der Waals surface area contributed by atoms with Crippen molar-refractivity contribution >= 4 is 64.8 Å². The molecule has 1 fully saturated rings. The second-order valence-corrected chi connectivity index (χ2v) is 10.4. The Morgan fingerprint density at radius 2 is 1.90 bits per heavy atom. The van der Waals surface area contributed by atoms with Crippen molar-refractivity contribution in [2.45, 2.75) is 17.7 Å². The van der Waals surface area contributed by atoms with E-state index in [1.807, 2.05) is 12.1 Å². The van der Waals surface area contributed by atoms with Gasteiger partial charge in [0.2, 0.25) is 0 Å². The van der Waals surface area contributed by atoms with E-state index < -0.39 is 10.0 Å². The van der Waals surface area contributed by atoms with E-state index in [0.717, 1.165) is 28.4 Å². The quantitative estimate of drug-likeness (QED) is 0.480. The molecule has 2 aliphatic rings. The Labute approximate surface area is 182 Å². The Bertz CT molecular complexity index is 1490. The third-order valence-electron chi connectivity index (χ3n) is 5.79. The first-order valence-electron chi connectivity index (χ1n) is 10.0. The zero-order valence-corrected chi connectivity index (χ0v) is 18.0. The van der Waals surface area contributed by atoms with Crippen LogP contribution in [0.1, 0.15) is 23.2 Å². The molecule has 0 aliphatic carbocycles. The largest absolute Gasteiger partial charge is 0.348 e. The minimum absolute atomic E-state index is 0.145. The summed E-state index contributed by atoms with van der Waals surface area (Å²) in [4.78, 5) is 19.2. The number of hydrogen-bond donors (Lipinski definition) is 2. The molecule has 0 radical (unpaired) electrons.